The van der Waals surface area contributed by atoms with Crippen molar-refractivity contribution in [3.8, 4) is 5.75 Å². The summed E-state index contributed by atoms with van der Waals surface area (Å²) in [5.41, 5.74) is 2.10. The van der Waals surface area contributed by atoms with Crippen molar-refractivity contribution in [2.24, 2.45) is 5.92 Å². The number of halogens is 1. The number of hydrogen-bond donors (Lipinski definition) is 1. The second-order valence-electron chi connectivity index (χ2n) is 8.62. The van der Waals surface area contributed by atoms with E-state index in [2.05, 4.69) is 31.2 Å². The number of amides is 1. The molecule has 0 saturated carbocycles. The Kier molecular flexibility index (Phi) is 7.53. The minimum Gasteiger partial charge on any atom is -0.495 e. The van der Waals surface area contributed by atoms with Gasteiger partial charge in [0.1, 0.15) is 16.5 Å². The fourth-order valence-corrected chi connectivity index (χ4v) is 3.23. The maximum absolute atomic E-state index is 12.5. The van der Waals surface area contributed by atoms with Gasteiger partial charge >= 0.3 is 5.97 Å². The van der Waals surface area contributed by atoms with Gasteiger partial charge in [-0.15, -0.1) is 0 Å². The van der Waals surface area contributed by atoms with Crippen molar-refractivity contribution >= 4 is 29.2 Å². The Morgan fingerprint density at radius 2 is 1.93 bits per heavy atom. The molecule has 1 aromatic carbocycles. The second kappa shape index (κ2) is 9.51. The van der Waals surface area contributed by atoms with Crippen molar-refractivity contribution in [2.45, 2.75) is 53.5 Å². The molecule has 0 spiro atoms. The number of nitrogens with one attached hydrogen (secondary N) is 1. The van der Waals surface area contributed by atoms with Crippen LogP contribution in [-0.2, 0) is 21.5 Å². The molecule has 0 aliphatic rings. The first-order chi connectivity index (χ1) is 13.9. The molecule has 1 aromatic heterocycles. The average Bonchev–Trinajstić information content (AvgIpc) is 2.91. The molecule has 2 rings (SSSR count). The fourth-order valence-electron chi connectivity index (χ4n) is 2.91. The Balaban J connectivity index is 2.08. The number of benzene rings is 1. The first-order valence-corrected chi connectivity index (χ1v) is 10.2. The van der Waals surface area contributed by atoms with E-state index in [1.54, 1.807) is 17.7 Å². The van der Waals surface area contributed by atoms with Gasteiger partial charge in [0, 0.05) is 6.54 Å². The molecule has 0 aliphatic heterocycles. The number of esters is 1. The minimum atomic E-state index is -0.682. The summed E-state index contributed by atoms with van der Waals surface area (Å²) in [5, 5.41) is 7.25. The number of methoxy groups -OCH3 is 1. The van der Waals surface area contributed by atoms with Gasteiger partial charge in [-0.2, -0.15) is 5.10 Å². The van der Waals surface area contributed by atoms with Crippen LogP contribution >= 0.6 is 11.6 Å². The van der Waals surface area contributed by atoms with Crippen LogP contribution in [0.3, 0.4) is 0 Å². The molecule has 0 radical (unpaired) electrons. The first-order valence-electron chi connectivity index (χ1n) is 9.82. The van der Waals surface area contributed by atoms with Gasteiger partial charge in [-0.3, -0.25) is 9.48 Å². The zero-order valence-electron chi connectivity index (χ0n) is 18.6. The Hall–Kier alpha value is -2.54. The van der Waals surface area contributed by atoms with Gasteiger partial charge in [0.05, 0.1) is 18.5 Å². The van der Waals surface area contributed by atoms with Crippen LogP contribution in [0.4, 0.5) is 5.69 Å². The summed E-state index contributed by atoms with van der Waals surface area (Å²) < 4.78 is 12.1. The van der Waals surface area contributed by atoms with Crippen LogP contribution in [0.1, 0.15) is 56.2 Å². The zero-order valence-corrected chi connectivity index (χ0v) is 19.4. The standard InChI is InChI=1S/C22H30ClN3O4/c1-13(2)11-26-20(23)19(14(3)25-26)21(28)30-12-18(27)24-16-10-15(22(4,5)6)8-9-17(16)29-7/h8-10,13H,11-12H2,1-7H3,(H,24,27). The van der Waals surface area contributed by atoms with E-state index in [0.29, 0.717) is 29.6 Å². The number of rotatable bonds is 7. The second-order valence-corrected chi connectivity index (χ2v) is 8.97. The van der Waals surface area contributed by atoms with Gasteiger partial charge in [-0.1, -0.05) is 52.3 Å². The molecule has 0 fully saturated rings. The van der Waals surface area contributed by atoms with E-state index in [0.717, 1.165) is 5.56 Å². The summed E-state index contributed by atoms with van der Waals surface area (Å²) in [5.74, 6) is -0.319. The third-order valence-corrected chi connectivity index (χ3v) is 4.87. The van der Waals surface area contributed by atoms with Crippen LogP contribution in [0.15, 0.2) is 18.2 Å². The highest BCUT2D eigenvalue weighted by atomic mass is 35.5. The van der Waals surface area contributed by atoms with E-state index in [-0.39, 0.29) is 16.1 Å². The van der Waals surface area contributed by atoms with Crippen molar-refractivity contribution in [3.63, 3.8) is 0 Å². The number of nitrogens with zero attached hydrogens (tertiary/aromatic N) is 2. The maximum atomic E-state index is 12.5. The highest BCUT2D eigenvalue weighted by Crippen LogP contribution is 2.31. The van der Waals surface area contributed by atoms with E-state index in [1.807, 2.05) is 26.0 Å². The zero-order chi connectivity index (χ0) is 22.6. The number of hydrogen-bond acceptors (Lipinski definition) is 5. The molecule has 1 heterocycles. The maximum Gasteiger partial charge on any atom is 0.343 e. The molecular weight excluding hydrogens is 406 g/mol. The summed E-state index contributed by atoms with van der Waals surface area (Å²) in [4.78, 5) is 24.9. The van der Waals surface area contributed by atoms with E-state index in [4.69, 9.17) is 21.1 Å². The van der Waals surface area contributed by atoms with Gasteiger partial charge < -0.3 is 14.8 Å². The largest absolute Gasteiger partial charge is 0.495 e. The van der Waals surface area contributed by atoms with Crippen LogP contribution in [-0.4, -0.2) is 35.4 Å². The quantitative estimate of drug-likeness (QED) is 0.642. The van der Waals surface area contributed by atoms with Gasteiger partial charge in [0.2, 0.25) is 0 Å². The van der Waals surface area contributed by atoms with Crippen LogP contribution in [0.2, 0.25) is 5.15 Å². The number of ether oxygens (including phenoxy) is 2. The molecule has 30 heavy (non-hydrogen) atoms. The van der Waals surface area contributed by atoms with Crippen molar-refractivity contribution in [2.75, 3.05) is 19.0 Å². The molecule has 1 amide bonds. The van der Waals surface area contributed by atoms with Gasteiger partial charge in [-0.25, -0.2) is 4.79 Å². The van der Waals surface area contributed by atoms with Gasteiger partial charge in [-0.05, 0) is 36.0 Å². The third kappa shape index (κ3) is 5.75. The third-order valence-electron chi connectivity index (χ3n) is 4.48. The van der Waals surface area contributed by atoms with Crippen LogP contribution in [0.25, 0.3) is 0 Å². The van der Waals surface area contributed by atoms with Gasteiger partial charge in [0.25, 0.3) is 5.91 Å². The number of carbonyl (C=O) groups is 2. The molecule has 0 bridgehead atoms. The predicted octanol–water partition coefficient (Wildman–Crippen LogP) is 4.60. The summed E-state index contributed by atoms with van der Waals surface area (Å²) in [6.45, 7) is 12.1. The van der Waals surface area contributed by atoms with E-state index in [1.165, 1.54) is 7.11 Å². The highest BCUT2D eigenvalue weighted by molar-refractivity contribution is 6.32. The lowest BCUT2D eigenvalue weighted by molar-refractivity contribution is -0.119. The monoisotopic (exact) mass is 435 g/mol. The van der Waals surface area contributed by atoms with Gasteiger partial charge in [0.15, 0.2) is 6.61 Å². The van der Waals surface area contributed by atoms with Crippen LogP contribution < -0.4 is 10.1 Å². The Labute approximate surface area is 182 Å². The topological polar surface area (TPSA) is 82.4 Å². The van der Waals surface area contributed by atoms with E-state index >= 15 is 0 Å². The number of aryl methyl sites for hydroxylation is 1. The highest BCUT2D eigenvalue weighted by Gasteiger charge is 2.23. The Morgan fingerprint density at radius 1 is 1.27 bits per heavy atom. The lowest BCUT2D eigenvalue weighted by Gasteiger charge is -2.21. The SMILES string of the molecule is COc1ccc(C(C)(C)C)cc1NC(=O)COC(=O)c1c(C)nn(CC(C)C)c1Cl. The summed E-state index contributed by atoms with van der Waals surface area (Å²) in [6.07, 6.45) is 0. The van der Waals surface area contributed by atoms with Crippen molar-refractivity contribution in [3.05, 3.63) is 40.2 Å². The molecule has 0 unspecified atom stereocenters. The molecule has 0 atom stereocenters. The average molecular weight is 436 g/mol. The number of carbonyl (C=O) groups excluding carboxylic acids is 2. The molecule has 0 aliphatic carbocycles. The summed E-state index contributed by atoms with van der Waals surface area (Å²) in [6, 6.07) is 5.61. The molecule has 7 nitrogen and oxygen atoms in total. The van der Waals surface area contributed by atoms with Crippen molar-refractivity contribution in [1.29, 1.82) is 0 Å². The summed E-state index contributed by atoms with van der Waals surface area (Å²) in [7, 11) is 1.53. The molecule has 8 heteroatoms. The smallest absolute Gasteiger partial charge is 0.343 e. The molecule has 0 saturated heterocycles. The Bertz CT molecular complexity index is 929. The van der Waals surface area contributed by atoms with Crippen molar-refractivity contribution in [1.82, 2.24) is 9.78 Å². The van der Waals surface area contributed by atoms with Crippen LogP contribution in [0, 0.1) is 12.8 Å². The molecule has 2 aromatic rings. The van der Waals surface area contributed by atoms with Crippen molar-refractivity contribution < 1.29 is 19.1 Å². The molecular formula is C22H30ClN3O4. The first kappa shape index (κ1) is 23.7. The fraction of sp³-hybridized carbons (Fsp3) is 0.500. The summed E-state index contributed by atoms with van der Waals surface area (Å²) >= 11 is 6.30. The minimum absolute atomic E-state index is 0.0946. The lowest BCUT2D eigenvalue weighted by atomic mass is 9.87. The number of anilines is 1. The Morgan fingerprint density at radius 3 is 2.50 bits per heavy atom. The lowest BCUT2D eigenvalue weighted by Crippen LogP contribution is -2.22. The molecule has 164 valence electrons. The number of aromatic nitrogens is 2. The van der Waals surface area contributed by atoms with E-state index in [9.17, 15) is 9.59 Å². The van der Waals surface area contributed by atoms with Crippen LogP contribution in [0.5, 0.6) is 5.75 Å². The van der Waals surface area contributed by atoms with E-state index < -0.39 is 18.5 Å². The predicted molar refractivity (Wildman–Crippen MR) is 117 cm³/mol. The normalized spacial score (nSPS) is 11.5. The molecule has 1 N–H and O–H groups in total.